The molecule has 2 amide bonds. The van der Waals surface area contributed by atoms with Crippen molar-refractivity contribution in [2.24, 2.45) is 5.92 Å². The number of carbonyl (C=O) groups excluding carboxylic acids is 1. The average molecular weight is 272 g/mol. The largest absolute Gasteiger partial charge is 0.481 e. The zero-order valence-corrected chi connectivity index (χ0v) is 11.7. The molecule has 1 fully saturated rings. The zero-order chi connectivity index (χ0) is 14.3. The minimum atomic E-state index is -0.841. The van der Waals surface area contributed by atoms with Crippen LogP contribution in [0.25, 0.3) is 0 Å². The smallest absolute Gasteiger partial charge is 0.314 e. The van der Waals surface area contributed by atoms with Gasteiger partial charge < -0.3 is 20.5 Å². The van der Waals surface area contributed by atoms with Crippen LogP contribution in [-0.4, -0.2) is 42.4 Å². The molecule has 1 aliphatic heterocycles. The molecular weight excluding hydrogens is 248 g/mol. The van der Waals surface area contributed by atoms with Gasteiger partial charge in [-0.05, 0) is 39.0 Å². The minimum Gasteiger partial charge on any atom is -0.481 e. The van der Waals surface area contributed by atoms with E-state index in [9.17, 15) is 9.59 Å². The maximum Gasteiger partial charge on any atom is 0.314 e. The third-order valence-electron chi connectivity index (χ3n) is 3.20. The Morgan fingerprint density at radius 2 is 2.11 bits per heavy atom. The van der Waals surface area contributed by atoms with Crippen LogP contribution in [0.4, 0.5) is 4.79 Å². The summed E-state index contributed by atoms with van der Waals surface area (Å²) >= 11 is 0. The second kappa shape index (κ2) is 7.33. The predicted molar refractivity (Wildman–Crippen MR) is 71.0 cm³/mol. The topological polar surface area (TPSA) is 87.7 Å². The van der Waals surface area contributed by atoms with E-state index in [0.717, 1.165) is 19.4 Å². The van der Waals surface area contributed by atoms with Crippen molar-refractivity contribution in [3.8, 4) is 0 Å². The molecule has 0 spiro atoms. The SMILES string of the molecule is CC1(C)CC(CNC(=O)NCCCC(=O)O)CCO1. The third-order valence-corrected chi connectivity index (χ3v) is 3.20. The van der Waals surface area contributed by atoms with Crippen molar-refractivity contribution in [2.75, 3.05) is 19.7 Å². The van der Waals surface area contributed by atoms with Gasteiger partial charge in [0.05, 0.1) is 5.60 Å². The van der Waals surface area contributed by atoms with Crippen molar-refractivity contribution in [2.45, 2.75) is 45.1 Å². The van der Waals surface area contributed by atoms with Crippen molar-refractivity contribution in [1.82, 2.24) is 10.6 Å². The molecule has 1 heterocycles. The van der Waals surface area contributed by atoms with Gasteiger partial charge in [-0.15, -0.1) is 0 Å². The van der Waals surface area contributed by atoms with E-state index in [1.807, 2.05) is 0 Å². The summed E-state index contributed by atoms with van der Waals surface area (Å²) < 4.78 is 5.62. The van der Waals surface area contributed by atoms with Crippen LogP contribution in [0.3, 0.4) is 0 Å². The van der Waals surface area contributed by atoms with E-state index in [-0.39, 0.29) is 18.1 Å². The molecule has 1 aliphatic rings. The van der Waals surface area contributed by atoms with Crippen LogP contribution in [0.15, 0.2) is 0 Å². The maximum atomic E-state index is 11.5. The lowest BCUT2D eigenvalue weighted by molar-refractivity contribution is -0.137. The Hall–Kier alpha value is -1.30. The quantitative estimate of drug-likeness (QED) is 0.637. The summed E-state index contributed by atoms with van der Waals surface area (Å²) in [7, 11) is 0. The molecule has 1 unspecified atom stereocenters. The Morgan fingerprint density at radius 1 is 1.37 bits per heavy atom. The summed E-state index contributed by atoms with van der Waals surface area (Å²) in [4.78, 5) is 21.8. The van der Waals surface area contributed by atoms with Crippen molar-refractivity contribution in [1.29, 1.82) is 0 Å². The first-order valence-electron chi connectivity index (χ1n) is 6.76. The number of rotatable bonds is 6. The number of aliphatic carboxylic acids is 1. The Bertz CT molecular complexity index is 318. The van der Waals surface area contributed by atoms with Gasteiger partial charge in [-0.3, -0.25) is 4.79 Å². The molecule has 0 radical (unpaired) electrons. The highest BCUT2D eigenvalue weighted by molar-refractivity contribution is 5.73. The number of carboxylic acid groups (broad SMARTS) is 1. The van der Waals surface area contributed by atoms with E-state index in [1.165, 1.54) is 0 Å². The van der Waals surface area contributed by atoms with Crippen molar-refractivity contribution >= 4 is 12.0 Å². The number of carboxylic acids is 1. The van der Waals surface area contributed by atoms with E-state index >= 15 is 0 Å². The van der Waals surface area contributed by atoms with Crippen LogP contribution < -0.4 is 10.6 Å². The number of amides is 2. The molecular formula is C13H24N2O4. The molecule has 0 aliphatic carbocycles. The number of nitrogens with one attached hydrogen (secondary N) is 2. The van der Waals surface area contributed by atoms with Crippen LogP contribution in [0, 0.1) is 5.92 Å². The zero-order valence-electron chi connectivity index (χ0n) is 11.7. The number of hydrogen-bond donors (Lipinski definition) is 3. The van der Waals surface area contributed by atoms with Gasteiger partial charge >= 0.3 is 12.0 Å². The first kappa shape index (κ1) is 15.8. The molecule has 6 nitrogen and oxygen atoms in total. The summed E-state index contributed by atoms with van der Waals surface area (Å²) in [6, 6.07) is -0.227. The van der Waals surface area contributed by atoms with Gasteiger partial charge in [0.1, 0.15) is 0 Å². The van der Waals surface area contributed by atoms with Gasteiger partial charge in [0.2, 0.25) is 0 Å². The van der Waals surface area contributed by atoms with E-state index in [2.05, 4.69) is 24.5 Å². The number of hydrogen-bond acceptors (Lipinski definition) is 3. The molecule has 0 aromatic rings. The third kappa shape index (κ3) is 7.00. The monoisotopic (exact) mass is 272 g/mol. The first-order valence-corrected chi connectivity index (χ1v) is 6.76. The summed E-state index contributed by atoms with van der Waals surface area (Å²) in [5.74, 6) is -0.403. The lowest BCUT2D eigenvalue weighted by Gasteiger charge is -2.35. The molecule has 0 bridgehead atoms. The molecule has 110 valence electrons. The number of urea groups is 1. The Morgan fingerprint density at radius 3 is 2.74 bits per heavy atom. The maximum absolute atomic E-state index is 11.5. The van der Waals surface area contributed by atoms with Crippen LogP contribution in [0.2, 0.25) is 0 Å². The van der Waals surface area contributed by atoms with E-state index in [1.54, 1.807) is 0 Å². The van der Waals surface area contributed by atoms with Crippen LogP contribution in [0.5, 0.6) is 0 Å². The van der Waals surface area contributed by atoms with Gasteiger partial charge in [-0.2, -0.15) is 0 Å². The molecule has 0 aromatic carbocycles. The molecule has 0 aromatic heterocycles. The second-order valence-electron chi connectivity index (χ2n) is 5.60. The Kier molecular flexibility index (Phi) is 6.08. The highest BCUT2D eigenvalue weighted by atomic mass is 16.5. The van der Waals surface area contributed by atoms with Crippen molar-refractivity contribution in [3.63, 3.8) is 0 Å². The summed E-state index contributed by atoms with van der Waals surface area (Å²) in [5.41, 5.74) is -0.109. The number of carbonyl (C=O) groups is 2. The van der Waals surface area contributed by atoms with Crippen LogP contribution in [-0.2, 0) is 9.53 Å². The van der Waals surface area contributed by atoms with E-state index in [0.29, 0.717) is 25.4 Å². The first-order chi connectivity index (χ1) is 8.89. The van der Waals surface area contributed by atoms with E-state index < -0.39 is 5.97 Å². The van der Waals surface area contributed by atoms with Gasteiger partial charge in [0.15, 0.2) is 0 Å². The molecule has 1 rings (SSSR count). The highest BCUT2D eigenvalue weighted by Gasteiger charge is 2.28. The minimum absolute atomic E-state index is 0.0778. The molecule has 6 heteroatoms. The normalized spacial score (nSPS) is 21.7. The summed E-state index contributed by atoms with van der Waals surface area (Å²) in [5, 5.41) is 13.9. The Balaban J connectivity index is 2.11. The second-order valence-corrected chi connectivity index (χ2v) is 5.60. The van der Waals surface area contributed by atoms with Gasteiger partial charge in [0, 0.05) is 26.1 Å². The summed E-state index contributed by atoms with van der Waals surface area (Å²) in [6.07, 6.45) is 2.43. The van der Waals surface area contributed by atoms with Gasteiger partial charge in [-0.1, -0.05) is 0 Å². The van der Waals surface area contributed by atoms with Crippen LogP contribution in [0.1, 0.15) is 39.5 Å². The van der Waals surface area contributed by atoms with Crippen molar-refractivity contribution in [3.05, 3.63) is 0 Å². The number of ether oxygens (including phenoxy) is 1. The summed E-state index contributed by atoms with van der Waals surface area (Å²) in [6.45, 7) is 5.88. The highest BCUT2D eigenvalue weighted by Crippen LogP contribution is 2.27. The van der Waals surface area contributed by atoms with Crippen molar-refractivity contribution < 1.29 is 19.4 Å². The standard InChI is InChI=1S/C13H24N2O4/c1-13(2)8-10(5-7-19-13)9-15-12(18)14-6-3-4-11(16)17/h10H,3-9H2,1-2H3,(H,16,17)(H2,14,15,18). The van der Waals surface area contributed by atoms with E-state index in [4.69, 9.17) is 9.84 Å². The predicted octanol–water partition coefficient (Wildman–Crippen LogP) is 1.36. The lowest BCUT2D eigenvalue weighted by atomic mass is 9.88. The Labute approximate surface area is 113 Å². The van der Waals surface area contributed by atoms with Crippen LogP contribution >= 0.6 is 0 Å². The molecule has 1 saturated heterocycles. The molecule has 0 saturated carbocycles. The molecule has 1 atom stereocenters. The fraction of sp³-hybridized carbons (Fsp3) is 0.846. The van der Waals surface area contributed by atoms with Gasteiger partial charge in [-0.25, -0.2) is 4.79 Å². The fourth-order valence-electron chi connectivity index (χ4n) is 2.27. The fourth-order valence-corrected chi connectivity index (χ4v) is 2.27. The van der Waals surface area contributed by atoms with Gasteiger partial charge in [0.25, 0.3) is 0 Å². The average Bonchev–Trinajstić information content (AvgIpc) is 2.31. The molecule has 19 heavy (non-hydrogen) atoms. The lowest BCUT2D eigenvalue weighted by Crippen LogP contribution is -2.42. The molecule has 3 N–H and O–H groups in total.